The van der Waals surface area contributed by atoms with Gasteiger partial charge >= 0.3 is 0 Å². The summed E-state index contributed by atoms with van der Waals surface area (Å²) in [4.78, 5) is 2.55. The van der Waals surface area contributed by atoms with Gasteiger partial charge in [0.05, 0.1) is 22.5 Å². The van der Waals surface area contributed by atoms with Gasteiger partial charge in [0, 0.05) is 27.8 Å². The molecule has 0 saturated carbocycles. The Kier molecular flexibility index (Phi) is 8.90. The number of benzene rings is 9. The molecule has 0 bridgehead atoms. The molecule has 0 saturated heterocycles. The number of anilines is 2. The maximum atomic E-state index is 2.55. The minimum Gasteiger partial charge on any atom is -0.334 e. The van der Waals surface area contributed by atoms with Crippen molar-refractivity contribution in [3.05, 3.63) is 277 Å². The summed E-state index contributed by atoms with van der Waals surface area (Å²) in [6.07, 6.45) is 5.71. The standard InChI is InChI=1S/C61H44N2/c1-5-17-43(18-6-1)44-29-34-50(35-30-44)62(51-36-31-45(32-37-51)46-33-40-60-56(41-46)55-26-14-16-28-59(55)63(60)49-23-11-4-12-24-49)52-38-39-54-53-25-13-15-27-57(53)61(58(54)42-52,47-19-7-2-8-20-47)48-21-9-3-10-22-48/h1-41,52H,42H2. The molecule has 2 nitrogen and oxygen atoms in total. The summed E-state index contributed by atoms with van der Waals surface area (Å²) in [7, 11) is 0. The van der Waals surface area contributed by atoms with Crippen molar-refractivity contribution >= 4 is 38.8 Å². The molecule has 0 radical (unpaired) electrons. The molecular weight excluding hydrogens is 761 g/mol. The highest BCUT2D eigenvalue weighted by molar-refractivity contribution is 6.10. The SMILES string of the molecule is C1=CC(N(c2ccc(-c3ccccc3)cc2)c2ccc(-c3ccc4c(c3)c3ccccc3n4-c3ccccc3)cc2)CC2=C1c1ccccc1C2(c1ccccc1)c1ccccc1. The smallest absolute Gasteiger partial charge is 0.0677 e. The largest absolute Gasteiger partial charge is 0.334 e. The van der Waals surface area contributed by atoms with Crippen molar-refractivity contribution in [2.75, 3.05) is 4.90 Å². The Labute approximate surface area is 369 Å². The van der Waals surface area contributed by atoms with Gasteiger partial charge in [0.1, 0.15) is 0 Å². The highest BCUT2D eigenvalue weighted by atomic mass is 15.2. The molecule has 298 valence electrons. The van der Waals surface area contributed by atoms with E-state index in [-0.39, 0.29) is 6.04 Å². The van der Waals surface area contributed by atoms with Crippen molar-refractivity contribution < 1.29 is 0 Å². The van der Waals surface area contributed by atoms with Crippen LogP contribution in [-0.4, -0.2) is 10.6 Å². The van der Waals surface area contributed by atoms with Crippen LogP contribution in [0, 0.1) is 0 Å². The average molecular weight is 805 g/mol. The van der Waals surface area contributed by atoms with Crippen LogP contribution >= 0.6 is 0 Å². The van der Waals surface area contributed by atoms with Crippen LogP contribution in [0.5, 0.6) is 0 Å². The van der Waals surface area contributed by atoms with Crippen molar-refractivity contribution in [2.45, 2.75) is 17.9 Å². The van der Waals surface area contributed by atoms with Gasteiger partial charge in [-0.05, 0) is 117 Å². The third-order valence-corrected chi connectivity index (χ3v) is 13.5. The van der Waals surface area contributed by atoms with Gasteiger partial charge in [-0.3, -0.25) is 0 Å². The van der Waals surface area contributed by atoms with Crippen molar-refractivity contribution in [1.82, 2.24) is 4.57 Å². The number of hydrogen-bond acceptors (Lipinski definition) is 1. The lowest BCUT2D eigenvalue weighted by molar-refractivity contribution is 0.652. The van der Waals surface area contributed by atoms with Crippen molar-refractivity contribution in [3.8, 4) is 27.9 Å². The summed E-state index contributed by atoms with van der Waals surface area (Å²) < 4.78 is 2.38. The molecule has 1 heterocycles. The first-order valence-corrected chi connectivity index (χ1v) is 22.0. The van der Waals surface area contributed by atoms with Crippen LogP contribution in [0.2, 0.25) is 0 Å². The Balaban J connectivity index is 0.971. The summed E-state index contributed by atoms with van der Waals surface area (Å²) in [5.74, 6) is 0. The van der Waals surface area contributed by atoms with E-state index in [0.29, 0.717) is 0 Å². The minimum atomic E-state index is -0.424. The third kappa shape index (κ3) is 6.02. The molecule has 1 unspecified atom stereocenters. The van der Waals surface area contributed by atoms with Gasteiger partial charge in [0.25, 0.3) is 0 Å². The van der Waals surface area contributed by atoms with Crippen molar-refractivity contribution in [2.24, 2.45) is 0 Å². The van der Waals surface area contributed by atoms with Crippen LogP contribution in [0.25, 0.3) is 55.3 Å². The van der Waals surface area contributed by atoms with Crippen LogP contribution in [0.1, 0.15) is 28.7 Å². The van der Waals surface area contributed by atoms with Gasteiger partial charge < -0.3 is 9.47 Å². The zero-order valence-corrected chi connectivity index (χ0v) is 34.9. The lowest BCUT2D eigenvalue weighted by Crippen LogP contribution is -2.36. The Morgan fingerprint density at radius 3 is 1.60 bits per heavy atom. The number of hydrogen-bond donors (Lipinski definition) is 0. The topological polar surface area (TPSA) is 8.17 Å². The Hall–Kier alpha value is -7.94. The van der Waals surface area contributed by atoms with Gasteiger partial charge in [0.2, 0.25) is 0 Å². The number of para-hydroxylation sites is 2. The number of fused-ring (bicyclic) bond motifs is 5. The molecule has 0 amide bonds. The predicted octanol–water partition coefficient (Wildman–Crippen LogP) is 15.4. The van der Waals surface area contributed by atoms with Gasteiger partial charge in [-0.15, -0.1) is 0 Å². The Morgan fingerprint density at radius 2 is 0.937 bits per heavy atom. The normalized spacial score (nSPS) is 15.1. The minimum absolute atomic E-state index is 0.0544. The molecule has 0 aliphatic heterocycles. The van der Waals surface area contributed by atoms with E-state index >= 15 is 0 Å². The molecule has 1 aromatic heterocycles. The molecule has 2 aliphatic rings. The van der Waals surface area contributed by atoms with Crippen molar-refractivity contribution in [1.29, 1.82) is 0 Å². The van der Waals surface area contributed by atoms with Crippen molar-refractivity contribution in [3.63, 3.8) is 0 Å². The number of rotatable bonds is 8. The second-order valence-corrected chi connectivity index (χ2v) is 16.8. The van der Waals surface area contributed by atoms with Gasteiger partial charge in [-0.1, -0.05) is 194 Å². The quantitative estimate of drug-likeness (QED) is 0.149. The summed E-state index contributed by atoms with van der Waals surface area (Å²) >= 11 is 0. The molecule has 12 rings (SSSR count). The zero-order valence-electron chi connectivity index (χ0n) is 34.9. The van der Waals surface area contributed by atoms with Crippen LogP contribution in [0.15, 0.2) is 254 Å². The molecule has 0 N–H and O–H groups in total. The van der Waals surface area contributed by atoms with E-state index in [1.165, 1.54) is 83.1 Å². The molecule has 2 heteroatoms. The maximum absolute atomic E-state index is 2.55. The third-order valence-electron chi connectivity index (χ3n) is 13.5. The van der Waals surface area contributed by atoms with E-state index in [1.807, 2.05) is 0 Å². The van der Waals surface area contributed by atoms with E-state index in [4.69, 9.17) is 0 Å². The lowest BCUT2D eigenvalue weighted by atomic mass is 9.65. The number of allylic oxidation sites excluding steroid dienone is 2. The first-order valence-electron chi connectivity index (χ1n) is 22.0. The van der Waals surface area contributed by atoms with Crippen LogP contribution in [0.4, 0.5) is 11.4 Å². The number of nitrogens with zero attached hydrogens (tertiary/aromatic N) is 2. The Morgan fingerprint density at radius 1 is 0.429 bits per heavy atom. The average Bonchev–Trinajstić information content (AvgIpc) is 3.86. The second-order valence-electron chi connectivity index (χ2n) is 16.8. The summed E-state index contributed by atoms with van der Waals surface area (Å²) in [6, 6.07) is 86.9. The second kappa shape index (κ2) is 15.2. The Bertz CT molecular complexity index is 3290. The van der Waals surface area contributed by atoms with E-state index in [1.54, 1.807) is 0 Å². The lowest BCUT2D eigenvalue weighted by Gasteiger charge is -2.40. The van der Waals surface area contributed by atoms with Gasteiger partial charge in [0.15, 0.2) is 0 Å². The molecule has 0 fully saturated rings. The zero-order chi connectivity index (χ0) is 41.7. The highest BCUT2D eigenvalue weighted by Gasteiger charge is 2.48. The van der Waals surface area contributed by atoms with E-state index in [9.17, 15) is 0 Å². The van der Waals surface area contributed by atoms with Crippen LogP contribution in [-0.2, 0) is 5.41 Å². The summed E-state index contributed by atoms with van der Waals surface area (Å²) in [6.45, 7) is 0. The van der Waals surface area contributed by atoms with E-state index in [0.717, 1.165) is 17.8 Å². The summed E-state index contributed by atoms with van der Waals surface area (Å²) in [5.41, 5.74) is 18.4. The molecular formula is C61H44N2. The molecule has 9 aromatic carbocycles. The molecule has 2 aliphatic carbocycles. The first kappa shape index (κ1) is 36.9. The predicted molar refractivity (Wildman–Crippen MR) is 264 cm³/mol. The fourth-order valence-electron chi connectivity index (χ4n) is 10.7. The van der Waals surface area contributed by atoms with Crippen LogP contribution < -0.4 is 4.90 Å². The monoisotopic (exact) mass is 804 g/mol. The van der Waals surface area contributed by atoms with E-state index in [2.05, 4.69) is 258 Å². The highest BCUT2D eigenvalue weighted by Crippen LogP contribution is 2.58. The van der Waals surface area contributed by atoms with Gasteiger partial charge in [-0.2, -0.15) is 0 Å². The fourth-order valence-corrected chi connectivity index (χ4v) is 10.7. The molecule has 63 heavy (non-hydrogen) atoms. The number of aromatic nitrogens is 1. The maximum Gasteiger partial charge on any atom is 0.0677 e. The fraction of sp³-hybridized carbons (Fsp3) is 0.0492. The summed E-state index contributed by atoms with van der Waals surface area (Å²) in [5, 5.41) is 2.51. The van der Waals surface area contributed by atoms with Gasteiger partial charge in [-0.25, -0.2) is 0 Å². The van der Waals surface area contributed by atoms with Crippen LogP contribution in [0.3, 0.4) is 0 Å². The molecule has 1 atom stereocenters. The van der Waals surface area contributed by atoms with E-state index < -0.39 is 5.41 Å². The molecule has 0 spiro atoms. The first-order chi connectivity index (χ1) is 31.3. The molecule has 10 aromatic rings.